The summed E-state index contributed by atoms with van der Waals surface area (Å²) in [6.45, 7) is 3.90. The summed E-state index contributed by atoms with van der Waals surface area (Å²) in [7, 11) is 0. The Morgan fingerprint density at radius 2 is 2.21 bits per heavy atom. The maximum atomic E-state index is 13.0. The molecule has 2 heteroatoms. The maximum absolute atomic E-state index is 13.0. The molecule has 1 aromatic rings. The summed E-state index contributed by atoms with van der Waals surface area (Å²) in [4.78, 5) is 0. The molecule has 0 aromatic heterocycles. The number of rotatable bonds is 3. The number of hydrogen-bond donors (Lipinski definition) is 0. The summed E-state index contributed by atoms with van der Waals surface area (Å²) in [5, 5.41) is 0.875. The van der Waals surface area contributed by atoms with Crippen molar-refractivity contribution in [2.45, 2.75) is 20.3 Å². The number of aryl methyl sites for hydroxylation is 1. The van der Waals surface area contributed by atoms with Gasteiger partial charge in [-0.2, -0.15) is 0 Å². The maximum Gasteiger partial charge on any atom is 0.126 e. The van der Waals surface area contributed by atoms with Crippen molar-refractivity contribution in [1.82, 2.24) is 0 Å². The van der Waals surface area contributed by atoms with E-state index in [-0.39, 0.29) is 5.82 Å². The molecule has 0 aliphatic rings. The third-order valence-corrected chi connectivity index (χ3v) is 2.90. The molecule has 0 nitrogen and oxygen atoms in total. The van der Waals surface area contributed by atoms with Gasteiger partial charge in [-0.15, -0.1) is 0 Å². The zero-order valence-corrected chi connectivity index (χ0v) is 10.1. The molecule has 0 atom stereocenters. The van der Waals surface area contributed by atoms with Crippen molar-refractivity contribution in [3.63, 3.8) is 0 Å². The van der Waals surface area contributed by atoms with Crippen LogP contribution in [0.5, 0.6) is 0 Å². The van der Waals surface area contributed by atoms with Gasteiger partial charge >= 0.3 is 0 Å². The summed E-state index contributed by atoms with van der Waals surface area (Å²) < 4.78 is 13.0. The topological polar surface area (TPSA) is 0 Å². The van der Waals surface area contributed by atoms with Gasteiger partial charge in [-0.25, -0.2) is 4.39 Å². The van der Waals surface area contributed by atoms with E-state index in [0.29, 0.717) is 5.56 Å². The smallest absolute Gasteiger partial charge is 0.126 e. The Hall–Kier alpha value is -0.630. The van der Waals surface area contributed by atoms with Crippen molar-refractivity contribution < 1.29 is 4.39 Å². The predicted octanol–water partition coefficient (Wildman–Crippen LogP) is 4.32. The zero-order chi connectivity index (χ0) is 10.6. The fourth-order valence-corrected chi connectivity index (χ4v) is 1.79. The Labute approximate surface area is 93.0 Å². The minimum Gasteiger partial charge on any atom is -0.207 e. The molecule has 14 heavy (non-hydrogen) atoms. The van der Waals surface area contributed by atoms with Crippen LogP contribution >= 0.6 is 15.9 Å². The minimum absolute atomic E-state index is 0.140. The van der Waals surface area contributed by atoms with Crippen LogP contribution in [0.15, 0.2) is 23.8 Å². The molecule has 1 aromatic carbocycles. The molecule has 0 radical (unpaired) electrons. The van der Waals surface area contributed by atoms with Crippen LogP contribution in [0.4, 0.5) is 4.39 Å². The second kappa shape index (κ2) is 5.30. The van der Waals surface area contributed by atoms with Gasteiger partial charge in [0.1, 0.15) is 5.82 Å². The van der Waals surface area contributed by atoms with E-state index in [0.717, 1.165) is 17.3 Å². The molecule has 0 N–H and O–H groups in total. The van der Waals surface area contributed by atoms with Gasteiger partial charge in [0, 0.05) is 5.33 Å². The molecular formula is C12H14BrF. The van der Waals surface area contributed by atoms with Crippen LogP contribution in [0.1, 0.15) is 24.5 Å². The zero-order valence-electron chi connectivity index (χ0n) is 8.48. The molecule has 0 amide bonds. The van der Waals surface area contributed by atoms with Crippen LogP contribution in [0, 0.1) is 12.7 Å². The summed E-state index contributed by atoms with van der Waals surface area (Å²) in [5.41, 5.74) is 3.08. The van der Waals surface area contributed by atoms with Crippen LogP contribution < -0.4 is 0 Å². The third kappa shape index (κ3) is 2.95. The van der Waals surface area contributed by atoms with Crippen molar-refractivity contribution in [2.75, 3.05) is 5.33 Å². The first-order chi connectivity index (χ1) is 6.67. The number of alkyl halides is 1. The molecular weight excluding hydrogens is 243 g/mol. The summed E-state index contributed by atoms with van der Waals surface area (Å²) in [6, 6.07) is 5.19. The largest absolute Gasteiger partial charge is 0.207 e. The van der Waals surface area contributed by atoms with Gasteiger partial charge in [0.25, 0.3) is 0 Å². The molecule has 0 bridgehead atoms. The van der Waals surface area contributed by atoms with Crippen LogP contribution in [-0.4, -0.2) is 5.33 Å². The van der Waals surface area contributed by atoms with Gasteiger partial charge < -0.3 is 0 Å². The van der Waals surface area contributed by atoms with Crippen LogP contribution in [0.3, 0.4) is 0 Å². The monoisotopic (exact) mass is 256 g/mol. The van der Waals surface area contributed by atoms with Crippen LogP contribution in [0.2, 0.25) is 0 Å². The molecule has 0 spiro atoms. The fourth-order valence-electron chi connectivity index (χ4n) is 1.23. The van der Waals surface area contributed by atoms with Gasteiger partial charge in [0.05, 0.1) is 0 Å². The number of allylic oxidation sites excluding steroid dienone is 1. The number of hydrogen-bond acceptors (Lipinski definition) is 0. The number of halogens is 2. The van der Waals surface area contributed by atoms with E-state index in [4.69, 9.17) is 0 Å². The lowest BCUT2D eigenvalue weighted by Gasteiger charge is -2.01. The van der Waals surface area contributed by atoms with Crippen molar-refractivity contribution >= 4 is 22.0 Å². The van der Waals surface area contributed by atoms with E-state index in [1.807, 2.05) is 6.07 Å². The van der Waals surface area contributed by atoms with E-state index in [1.54, 1.807) is 13.0 Å². The Kier molecular flexibility index (Phi) is 4.33. The summed E-state index contributed by atoms with van der Waals surface area (Å²) in [6.07, 6.45) is 3.11. The van der Waals surface area contributed by atoms with Crippen LogP contribution in [0.25, 0.3) is 6.08 Å². The van der Waals surface area contributed by atoms with E-state index in [9.17, 15) is 4.39 Å². The lowest BCUT2D eigenvalue weighted by Crippen LogP contribution is -1.85. The van der Waals surface area contributed by atoms with Gasteiger partial charge in [-0.1, -0.05) is 40.6 Å². The molecule has 0 aliphatic heterocycles. The third-order valence-electron chi connectivity index (χ3n) is 2.18. The first-order valence-electron chi connectivity index (χ1n) is 4.69. The van der Waals surface area contributed by atoms with E-state index in [2.05, 4.69) is 28.9 Å². The molecule has 0 aliphatic carbocycles. The first-order valence-corrected chi connectivity index (χ1v) is 5.81. The van der Waals surface area contributed by atoms with Crippen molar-refractivity contribution in [3.05, 3.63) is 40.7 Å². The molecule has 76 valence electrons. The first kappa shape index (κ1) is 11.4. The van der Waals surface area contributed by atoms with Crippen molar-refractivity contribution in [1.29, 1.82) is 0 Å². The fraction of sp³-hybridized carbons (Fsp3) is 0.333. The van der Waals surface area contributed by atoms with E-state index < -0.39 is 0 Å². The summed E-state index contributed by atoms with van der Waals surface area (Å²) in [5.74, 6) is -0.140. The van der Waals surface area contributed by atoms with E-state index >= 15 is 0 Å². The molecule has 0 fully saturated rings. The van der Waals surface area contributed by atoms with Gasteiger partial charge in [-0.05, 0) is 36.6 Å². The Balaban J connectivity index is 2.97. The quantitative estimate of drug-likeness (QED) is 0.707. The highest BCUT2D eigenvalue weighted by molar-refractivity contribution is 9.09. The standard InChI is InChI=1S/C12H14BrF/c1-3-10(8-13)7-11-4-5-12(14)9(2)6-11/h4-7H,3,8H2,1-2H3/b10-7-. The lowest BCUT2D eigenvalue weighted by atomic mass is 10.1. The van der Waals surface area contributed by atoms with Crippen molar-refractivity contribution in [3.8, 4) is 0 Å². The van der Waals surface area contributed by atoms with Gasteiger partial charge in [-0.3, -0.25) is 0 Å². The number of benzene rings is 1. The summed E-state index contributed by atoms with van der Waals surface area (Å²) >= 11 is 3.42. The second-order valence-corrected chi connectivity index (χ2v) is 3.86. The molecule has 0 unspecified atom stereocenters. The Bertz CT molecular complexity index is 336. The highest BCUT2D eigenvalue weighted by Gasteiger charge is 1.98. The normalized spacial score (nSPS) is 11.9. The predicted molar refractivity (Wildman–Crippen MR) is 63.2 cm³/mol. The SMILES string of the molecule is CC/C(=C/c1ccc(F)c(C)c1)CBr. The lowest BCUT2D eigenvalue weighted by molar-refractivity contribution is 0.618. The van der Waals surface area contributed by atoms with E-state index in [1.165, 1.54) is 11.6 Å². The highest BCUT2D eigenvalue weighted by atomic mass is 79.9. The van der Waals surface area contributed by atoms with Gasteiger partial charge in [0.15, 0.2) is 0 Å². The molecule has 1 rings (SSSR count). The Morgan fingerprint density at radius 3 is 2.71 bits per heavy atom. The molecule has 0 heterocycles. The molecule has 0 saturated carbocycles. The van der Waals surface area contributed by atoms with Crippen molar-refractivity contribution in [2.24, 2.45) is 0 Å². The Morgan fingerprint density at radius 1 is 1.50 bits per heavy atom. The average molecular weight is 257 g/mol. The van der Waals surface area contributed by atoms with Gasteiger partial charge in [0.2, 0.25) is 0 Å². The average Bonchev–Trinajstić information content (AvgIpc) is 2.19. The molecule has 0 saturated heterocycles. The highest BCUT2D eigenvalue weighted by Crippen LogP contribution is 2.15. The van der Waals surface area contributed by atoms with Crippen LogP contribution in [-0.2, 0) is 0 Å². The second-order valence-electron chi connectivity index (χ2n) is 3.30. The minimum atomic E-state index is -0.140.